The van der Waals surface area contributed by atoms with Gasteiger partial charge >= 0.3 is 0 Å². The fourth-order valence-corrected chi connectivity index (χ4v) is 2.71. The number of hydrogen-bond donors (Lipinski definition) is 1. The van der Waals surface area contributed by atoms with Gasteiger partial charge in [-0.15, -0.1) is 0 Å². The van der Waals surface area contributed by atoms with Crippen molar-refractivity contribution < 1.29 is 4.74 Å². The van der Waals surface area contributed by atoms with E-state index in [0.717, 1.165) is 25.4 Å². The molecule has 3 atom stereocenters. The zero-order valence-corrected chi connectivity index (χ0v) is 12.0. The molecular weight excluding hydrogens is 224 g/mol. The zero-order chi connectivity index (χ0) is 13.4. The summed E-state index contributed by atoms with van der Waals surface area (Å²) in [5.41, 5.74) is 5.29. The van der Waals surface area contributed by atoms with Crippen LogP contribution in [0.25, 0.3) is 0 Å². The van der Waals surface area contributed by atoms with Gasteiger partial charge in [0.15, 0.2) is 0 Å². The van der Waals surface area contributed by atoms with Crippen LogP contribution in [0.1, 0.15) is 65.2 Å². The molecule has 3 heteroatoms. The monoisotopic (exact) mass is 252 g/mol. The highest BCUT2D eigenvalue weighted by molar-refractivity contribution is 5.03. The van der Waals surface area contributed by atoms with Crippen LogP contribution in [0.4, 0.5) is 0 Å². The van der Waals surface area contributed by atoms with Crippen LogP contribution in [-0.2, 0) is 4.74 Å². The van der Waals surface area contributed by atoms with E-state index in [9.17, 15) is 0 Å². The quantitative estimate of drug-likeness (QED) is 0.707. The number of ether oxygens (including phenoxy) is 1. The Morgan fingerprint density at radius 1 is 1.39 bits per heavy atom. The first kappa shape index (κ1) is 15.5. The first-order valence-electron chi connectivity index (χ1n) is 7.45. The lowest BCUT2D eigenvalue weighted by molar-refractivity contribution is 0.00962. The Balaban J connectivity index is 2.16. The van der Waals surface area contributed by atoms with Crippen molar-refractivity contribution in [3.8, 4) is 6.07 Å². The molecule has 104 valence electrons. The number of nitrogens with zero attached hydrogens (tertiary/aromatic N) is 1. The van der Waals surface area contributed by atoms with Crippen molar-refractivity contribution in [3.63, 3.8) is 0 Å². The van der Waals surface area contributed by atoms with E-state index in [0.29, 0.717) is 12.5 Å². The lowest BCUT2D eigenvalue weighted by Crippen LogP contribution is -2.37. The molecule has 0 spiro atoms. The second-order valence-electron chi connectivity index (χ2n) is 5.66. The summed E-state index contributed by atoms with van der Waals surface area (Å²) >= 11 is 0. The third kappa shape index (κ3) is 4.96. The van der Waals surface area contributed by atoms with Crippen LogP contribution in [0.15, 0.2) is 0 Å². The van der Waals surface area contributed by atoms with Gasteiger partial charge in [0.1, 0.15) is 5.54 Å². The highest BCUT2D eigenvalue weighted by Crippen LogP contribution is 2.28. The fourth-order valence-electron chi connectivity index (χ4n) is 2.71. The molecule has 1 fully saturated rings. The Morgan fingerprint density at radius 3 is 2.78 bits per heavy atom. The predicted octanol–water partition coefficient (Wildman–Crippen LogP) is 3.38. The molecular formula is C15H28N2O. The van der Waals surface area contributed by atoms with Crippen LogP contribution in [0.5, 0.6) is 0 Å². The van der Waals surface area contributed by atoms with E-state index in [2.05, 4.69) is 13.0 Å². The van der Waals surface area contributed by atoms with Crippen molar-refractivity contribution in [2.75, 3.05) is 6.61 Å². The molecule has 3 nitrogen and oxygen atoms in total. The van der Waals surface area contributed by atoms with E-state index < -0.39 is 5.54 Å². The average molecular weight is 252 g/mol. The van der Waals surface area contributed by atoms with Crippen LogP contribution in [0.2, 0.25) is 0 Å². The van der Waals surface area contributed by atoms with Gasteiger partial charge in [-0.25, -0.2) is 0 Å². The van der Waals surface area contributed by atoms with Gasteiger partial charge in [0, 0.05) is 6.61 Å². The van der Waals surface area contributed by atoms with E-state index in [-0.39, 0.29) is 0 Å². The predicted molar refractivity (Wildman–Crippen MR) is 74.0 cm³/mol. The maximum absolute atomic E-state index is 8.98. The molecule has 1 saturated carbocycles. The van der Waals surface area contributed by atoms with Gasteiger partial charge in [-0.3, -0.25) is 0 Å². The van der Waals surface area contributed by atoms with Crippen LogP contribution in [-0.4, -0.2) is 18.2 Å². The van der Waals surface area contributed by atoms with E-state index in [4.69, 9.17) is 15.7 Å². The summed E-state index contributed by atoms with van der Waals surface area (Å²) in [5, 5.41) is 8.98. The molecule has 1 aliphatic rings. The third-order valence-electron chi connectivity index (χ3n) is 4.29. The minimum atomic E-state index is -0.651. The molecule has 1 rings (SSSR count). The normalized spacial score (nSPS) is 27.4. The molecule has 0 radical (unpaired) electrons. The average Bonchev–Trinajstić information content (AvgIpc) is 2.43. The molecule has 0 amide bonds. The molecule has 1 aliphatic carbocycles. The first-order valence-corrected chi connectivity index (χ1v) is 7.45. The Bertz CT molecular complexity index is 274. The standard InChI is InChI=1S/C15H28N2O/c1-3-13-7-5-8-14(11-13)18-10-6-9-15(17,4-2)12-16/h13-14H,3-11,17H2,1-2H3. The summed E-state index contributed by atoms with van der Waals surface area (Å²) in [5.74, 6) is 0.854. The largest absolute Gasteiger partial charge is 0.378 e. The molecule has 0 aromatic heterocycles. The van der Waals surface area contributed by atoms with Crippen LogP contribution in [0.3, 0.4) is 0 Å². The summed E-state index contributed by atoms with van der Waals surface area (Å²) in [6.07, 6.45) is 9.16. The Labute approximate surface area is 112 Å². The summed E-state index contributed by atoms with van der Waals surface area (Å²) < 4.78 is 5.93. The van der Waals surface area contributed by atoms with Gasteiger partial charge in [0.05, 0.1) is 12.2 Å². The zero-order valence-electron chi connectivity index (χ0n) is 12.0. The second kappa shape index (κ2) is 7.76. The summed E-state index contributed by atoms with van der Waals surface area (Å²) in [7, 11) is 0. The smallest absolute Gasteiger partial charge is 0.104 e. The van der Waals surface area contributed by atoms with Gasteiger partial charge in [-0.1, -0.05) is 33.1 Å². The van der Waals surface area contributed by atoms with Crippen molar-refractivity contribution in [1.29, 1.82) is 5.26 Å². The first-order chi connectivity index (χ1) is 8.63. The van der Waals surface area contributed by atoms with E-state index in [1.54, 1.807) is 0 Å². The van der Waals surface area contributed by atoms with Gasteiger partial charge in [-0.05, 0) is 38.0 Å². The van der Waals surface area contributed by atoms with Crippen LogP contribution < -0.4 is 5.73 Å². The molecule has 3 unspecified atom stereocenters. The molecule has 0 heterocycles. The van der Waals surface area contributed by atoms with Crippen molar-refractivity contribution in [2.24, 2.45) is 11.7 Å². The van der Waals surface area contributed by atoms with Crippen molar-refractivity contribution in [3.05, 3.63) is 0 Å². The van der Waals surface area contributed by atoms with Crippen molar-refractivity contribution in [1.82, 2.24) is 0 Å². The number of nitriles is 1. The molecule has 0 saturated heterocycles. The second-order valence-corrected chi connectivity index (χ2v) is 5.66. The van der Waals surface area contributed by atoms with E-state index in [1.807, 2.05) is 6.92 Å². The molecule has 0 aromatic rings. The van der Waals surface area contributed by atoms with Gasteiger partial charge in [-0.2, -0.15) is 5.26 Å². The highest BCUT2D eigenvalue weighted by Gasteiger charge is 2.23. The van der Waals surface area contributed by atoms with Gasteiger partial charge < -0.3 is 10.5 Å². The third-order valence-corrected chi connectivity index (χ3v) is 4.29. The highest BCUT2D eigenvalue weighted by atomic mass is 16.5. The van der Waals surface area contributed by atoms with Gasteiger partial charge in [0.2, 0.25) is 0 Å². The van der Waals surface area contributed by atoms with Crippen LogP contribution >= 0.6 is 0 Å². The number of rotatable bonds is 7. The minimum Gasteiger partial charge on any atom is -0.378 e. The number of nitrogens with two attached hydrogens (primary N) is 1. The lowest BCUT2D eigenvalue weighted by atomic mass is 9.85. The molecule has 0 bridgehead atoms. The molecule has 2 N–H and O–H groups in total. The maximum Gasteiger partial charge on any atom is 0.104 e. The van der Waals surface area contributed by atoms with Gasteiger partial charge in [0.25, 0.3) is 0 Å². The number of hydrogen-bond acceptors (Lipinski definition) is 3. The Hall–Kier alpha value is -0.590. The fraction of sp³-hybridized carbons (Fsp3) is 0.933. The maximum atomic E-state index is 8.98. The van der Waals surface area contributed by atoms with E-state index in [1.165, 1.54) is 32.1 Å². The summed E-state index contributed by atoms with van der Waals surface area (Å²) in [6.45, 7) is 4.99. The topological polar surface area (TPSA) is 59.0 Å². The minimum absolute atomic E-state index is 0.444. The Morgan fingerprint density at radius 2 is 2.17 bits per heavy atom. The van der Waals surface area contributed by atoms with E-state index >= 15 is 0 Å². The molecule has 0 aliphatic heterocycles. The molecule has 18 heavy (non-hydrogen) atoms. The Kier molecular flexibility index (Phi) is 6.67. The van der Waals surface area contributed by atoms with Crippen molar-refractivity contribution in [2.45, 2.75) is 76.9 Å². The molecule has 0 aromatic carbocycles. The lowest BCUT2D eigenvalue weighted by Gasteiger charge is -2.28. The SMILES string of the molecule is CCC1CCCC(OCCCC(N)(C#N)CC)C1. The summed E-state index contributed by atoms with van der Waals surface area (Å²) in [4.78, 5) is 0. The van der Waals surface area contributed by atoms with Crippen LogP contribution in [0, 0.1) is 17.2 Å². The van der Waals surface area contributed by atoms with Crippen molar-refractivity contribution >= 4 is 0 Å². The summed E-state index contributed by atoms with van der Waals surface area (Å²) in [6, 6.07) is 2.20.